The monoisotopic (exact) mass is 330 g/mol. The van der Waals surface area contributed by atoms with E-state index in [4.69, 9.17) is 0 Å². The molecule has 2 heteroatoms. The number of rotatable bonds is 13. The number of carbonyl (C=O) groups is 1. The van der Waals surface area contributed by atoms with Crippen LogP contribution in [0.4, 0.5) is 0 Å². The van der Waals surface area contributed by atoms with Crippen LogP contribution in [0.1, 0.15) is 83.1 Å². The van der Waals surface area contributed by atoms with E-state index in [0.717, 1.165) is 37.7 Å². The van der Waals surface area contributed by atoms with Crippen LogP contribution in [0.15, 0.2) is 42.5 Å². The van der Waals surface area contributed by atoms with Gasteiger partial charge in [-0.1, -0.05) is 88.4 Å². The fourth-order valence-electron chi connectivity index (χ4n) is 3.05. The zero-order chi connectivity index (χ0) is 17.6. The summed E-state index contributed by atoms with van der Waals surface area (Å²) in [4.78, 5) is 11.4. The van der Waals surface area contributed by atoms with Crippen molar-refractivity contribution in [3.8, 4) is 0 Å². The number of allylic oxidation sites excluding steroid dienone is 2. The molecule has 0 spiro atoms. The second-order valence-corrected chi connectivity index (χ2v) is 6.84. The second-order valence-electron chi connectivity index (χ2n) is 6.84. The fraction of sp³-hybridized carbons (Fsp3) is 0.591. The van der Waals surface area contributed by atoms with Gasteiger partial charge in [-0.25, -0.2) is 0 Å². The minimum Gasteiger partial charge on any atom is -0.481 e. The molecule has 1 N–H and O–H groups in total. The Kier molecular flexibility index (Phi) is 10.9. The van der Waals surface area contributed by atoms with E-state index in [0.29, 0.717) is 5.92 Å². The Bertz CT molecular complexity index is 464. The molecule has 0 bridgehead atoms. The third-order valence-corrected chi connectivity index (χ3v) is 4.59. The molecule has 0 fully saturated rings. The van der Waals surface area contributed by atoms with Crippen LogP contribution in [0.2, 0.25) is 0 Å². The van der Waals surface area contributed by atoms with Crippen LogP contribution in [0.3, 0.4) is 0 Å². The highest BCUT2D eigenvalue weighted by atomic mass is 16.4. The van der Waals surface area contributed by atoms with E-state index in [-0.39, 0.29) is 5.92 Å². The minimum atomic E-state index is -0.706. The molecule has 0 heterocycles. The molecule has 0 aliphatic carbocycles. The van der Waals surface area contributed by atoms with Gasteiger partial charge in [0.2, 0.25) is 0 Å². The topological polar surface area (TPSA) is 37.3 Å². The van der Waals surface area contributed by atoms with Crippen molar-refractivity contribution in [3.05, 3.63) is 48.0 Å². The Morgan fingerprint density at radius 1 is 1.04 bits per heavy atom. The van der Waals surface area contributed by atoms with E-state index in [1.165, 1.54) is 25.7 Å². The second kappa shape index (κ2) is 12.8. The van der Waals surface area contributed by atoms with Gasteiger partial charge in [-0.3, -0.25) is 4.79 Å². The van der Waals surface area contributed by atoms with E-state index in [1.807, 2.05) is 30.3 Å². The van der Waals surface area contributed by atoms with Gasteiger partial charge in [0.1, 0.15) is 0 Å². The highest BCUT2D eigenvalue weighted by molar-refractivity contribution is 5.75. The van der Waals surface area contributed by atoms with Crippen LogP contribution in [-0.2, 0) is 4.79 Å². The quantitative estimate of drug-likeness (QED) is 0.328. The Labute approximate surface area is 148 Å². The highest BCUT2D eigenvalue weighted by Gasteiger charge is 2.18. The molecule has 2 atom stereocenters. The first-order valence-electron chi connectivity index (χ1n) is 9.59. The zero-order valence-corrected chi connectivity index (χ0v) is 15.4. The summed E-state index contributed by atoms with van der Waals surface area (Å²) in [7, 11) is 0. The SMILES string of the molecule is CCCCCC(C)C=CCCCCCC(C(=O)O)c1ccccc1. The maximum atomic E-state index is 11.4. The van der Waals surface area contributed by atoms with Gasteiger partial charge in [0.05, 0.1) is 5.92 Å². The predicted molar refractivity (Wildman–Crippen MR) is 102 cm³/mol. The van der Waals surface area contributed by atoms with Crippen molar-refractivity contribution in [2.24, 2.45) is 5.92 Å². The molecular formula is C22H34O2. The Hall–Kier alpha value is -1.57. The molecule has 0 aliphatic rings. The average molecular weight is 331 g/mol. The van der Waals surface area contributed by atoms with Crippen LogP contribution in [-0.4, -0.2) is 11.1 Å². The van der Waals surface area contributed by atoms with Gasteiger partial charge in [-0.15, -0.1) is 0 Å². The third kappa shape index (κ3) is 8.90. The normalized spacial score (nSPS) is 13.9. The predicted octanol–water partition coefficient (Wildman–Crippen LogP) is 6.58. The Morgan fingerprint density at radius 2 is 1.75 bits per heavy atom. The number of hydrogen-bond acceptors (Lipinski definition) is 1. The molecular weight excluding hydrogens is 296 g/mol. The molecule has 1 rings (SSSR count). The Morgan fingerprint density at radius 3 is 2.42 bits per heavy atom. The highest BCUT2D eigenvalue weighted by Crippen LogP contribution is 2.23. The summed E-state index contributed by atoms with van der Waals surface area (Å²) in [5, 5.41) is 9.41. The van der Waals surface area contributed by atoms with E-state index >= 15 is 0 Å². The number of hydrogen-bond donors (Lipinski definition) is 1. The summed E-state index contributed by atoms with van der Waals surface area (Å²) < 4.78 is 0. The first-order chi connectivity index (χ1) is 11.6. The summed E-state index contributed by atoms with van der Waals surface area (Å²) in [5.41, 5.74) is 0.922. The molecule has 0 saturated carbocycles. The zero-order valence-electron chi connectivity index (χ0n) is 15.4. The lowest BCUT2D eigenvalue weighted by Crippen LogP contribution is -2.11. The summed E-state index contributed by atoms with van der Waals surface area (Å²) in [6.45, 7) is 4.54. The van der Waals surface area contributed by atoms with Gasteiger partial charge < -0.3 is 5.11 Å². The van der Waals surface area contributed by atoms with E-state index in [1.54, 1.807) is 0 Å². The number of carboxylic acids is 1. The van der Waals surface area contributed by atoms with Crippen LogP contribution in [0.5, 0.6) is 0 Å². The molecule has 0 aliphatic heterocycles. The van der Waals surface area contributed by atoms with E-state index in [9.17, 15) is 9.90 Å². The van der Waals surface area contributed by atoms with Crippen LogP contribution in [0.25, 0.3) is 0 Å². The van der Waals surface area contributed by atoms with E-state index < -0.39 is 5.97 Å². The van der Waals surface area contributed by atoms with Gasteiger partial charge in [0.25, 0.3) is 0 Å². The van der Waals surface area contributed by atoms with E-state index in [2.05, 4.69) is 26.0 Å². The largest absolute Gasteiger partial charge is 0.481 e. The summed E-state index contributed by atoms with van der Waals surface area (Å²) in [5.74, 6) is -0.381. The maximum absolute atomic E-state index is 11.4. The smallest absolute Gasteiger partial charge is 0.310 e. The summed E-state index contributed by atoms with van der Waals surface area (Å²) in [6, 6.07) is 9.59. The average Bonchev–Trinajstić information content (AvgIpc) is 2.58. The van der Waals surface area contributed by atoms with Crippen molar-refractivity contribution in [2.45, 2.75) is 77.6 Å². The number of unbranched alkanes of at least 4 members (excludes halogenated alkanes) is 5. The molecule has 24 heavy (non-hydrogen) atoms. The van der Waals surface area contributed by atoms with Gasteiger partial charge >= 0.3 is 5.97 Å². The van der Waals surface area contributed by atoms with Crippen molar-refractivity contribution in [1.29, 1.82) is 0 Å². The van der Waals surface area contributed by atoms with Crippen molar-refractivity contribution in [2.75, 3.05) is 0 Å². The van der Waals surface area contributed by atoms with Crippen molar-refractivity contribution in [3.63, 3.8) is 0 Å². The van der Waals surface area contributed by atoms with Crippen LogP contribution >= 0.6 is 0 Å². The van der Waals surface area contributed by atoms with Crippen LogP contribution < -0.4 is 0 Å². The molecule has 0 aromatic heterocycles. The first-order valence-corrected chi connectivity index (χ1v) is 9.59. The van der Waals surface area contributed by atoms with Crippen molar-refractivity contribution < 1.29 is 9.90 Å². The molecule has 1 aromatic carbocycles. The third-order valence-electron chi connectivity index (χ3n) is 4.59. The molecule has 0 saturated heterocycles. The molecule has 1 aromatic rings. The maximum Gasteiger partial charge on any atom is 0.310 e. The Balaban J connectivity index is 2.17. The fourth-order valence-corrected chi connectivity index (χ4v) is 3.05. The molecule has 2 nitrogen and oxygen atoms in total. The molecule has 2 unspecified atom stereocenters. The first kappa shape index (κ1) is 20.5. The lowest BCUT2D eigenvalue weighted by molar-refractivity contribution is -0.139. The lowest BCUT2D eigenvalue weighted by Gasteiger charge is -2.12. The van der Waals surface area contributed by atoms with Gasteiger partial charge in [0, 0.05) is 0 Å². The van der Waals surface area contributed by atoms with Gasteiger partial charge in [0.15, 0.2) is 0 Å². The number of carboxylic acid groups (broad SMARTS) is 1. The summed E-state index contributed by atoms with van der Waals surface area (Å²) in [6.07, 6.45) is 15.0. The standard InChI is InChI=1S/C22H34O2/c1-3-4-9-14-19(2)15-10-6-5-7-13-18-21(22(23)24)20-16-11-8-12-17-20/h8,10-12,15-17,19,21H,3-7,9,13-14,18H2,1-2H3,(H,23,24). The number of aliphatic carboxylic acids is 1. The summed E-state index contributed by atoms with van der Waals surface area (Å²) >= 11 is 0. The minimum absolute atomic E-state index is 0.361. The molecule has 134 valence electrons. The van der Waals surface area contributed by atoms with Crippen molar-refractivity contribution >= 4 is 5.97 Å². The molecule has 0 radical (unpaired) electrons. The van der Waals surface area contributed by atoms with Gasteiger partial charge in [-0.2, -0.15) is 0 Å². The van der Waals surface area contributed by atoms with Crippen LogP contribution in [0, 0.1) is 5.92 Å². The lowest BCUT2D eigenvalue weighted by atomic mass is 9.93. The molecule has 0 amide bonds. The van der Waals surface area contributed by atoms with Crippen molar-refractivity contribution in [1.82, 2.24) is 0 Å². The number of benzene rings is 1. The van der Waals surface area contributed by atoms with Gasteiger partial charge in [-0.05, 0) is 37.2 Å².